The van der Waals surface area contributed by atoms with Crippen molar-refractivity contribution in [2.75, 3.05) is 18.0 Å². The van der Waals surface area contributed by atoms with E-state index >= 15 is 0 Å². The Morgan fingerprint density at radius 2 is 2.31 bits per heavy atom. The number of aromatic nitrogens is 2. The van der Waals surface area contributed by atoms with Gasteiger partial charge in [-0.1, -0.05) is 11.6 Å². The molecule has 4 nitrogen and oxygen atoms in total. The Kier molecular flexibility index (Phi) is 2.31. The molecule has 2 heterocycles. The number of hydrogen-bond donors (Lipinski definition) is 1. The molecule has 0 bridgehead atoms. The maximum atomic E-state index is 5.63. The van der Waals surface area contributed by atoms with Crippen LogP contribution in [0, 0.1) is 0 Å². The number of anilines is 1. The molecule has 0 spiro atoms. The van der Waals surface area contributed by atoms with Crippen molar-refractivity contribution in [3.63, 3.8) is 0 Å². The monoisotopic (exact) mass is 196 g/mol. The van der Waals surface area contributed by atoms with E-state index in [0.717, 1.165) is 18.9 Å². The Hall–Kier alpha value is -1.29. The van der Waals surface area contributed by atoms with Gasteiger partial charge in [0.05, 0.1) is 0 Å². The third-order valence-corrected chi connectivity index (χ3v) is 1.98. The standard InChI is InChI=1S/C8H9ClN4/c9-7-1-2-8(12-11-7)13-5-3-10-4-6-13/h1-3,5,10H,4,6H2. The second-order valence-electron chi connectivity index (χ2n) is 2.68. The summed E-state index contributed by atoms with van der Waals surface area (Å²) in [4.78, 5) is 2.01. The van der Waals surface area contributed by atoms with Crippen molar-refractivity contribution in [2.45, 2.75) is 0 Å². The molecule has 0 fully saturated rings. The molecule has 0 aliphatic carbocycles. The molecule has 0 unspecified atom stereocenters. The van der Waals surface area contributed by atoms with Crippen LogP contribution >= 0.6 is 11.6 Å². The Bertz CT molecular complexity index is 308. The molecule has 0 saturated carbocycles. The summed E-state index contributed by atoms with van der Waals surface area (Å²) in [7, 11) is 0. The van der Waals surface area contributed by atoms with Gasteiger partial charge in [-0.3, -0.25) is 0 Å². The van der Waals surface area contributed by atoms with Crippen molar-refractivity contribution in [2.24, 2.45) is 0 Å². The first-order valence-electron chi connectivity index (χ1n) is 4.02. The quantitative estimate of drug-likeness (QED) is 0.728. The molecule has 1 N–H and O–H groups in total. The van der Waals surface area contributed by atoms with Crippen LogP contribution in [0.1, 0.15) is 0 Å². The number of hydrogen-bond acceptors (Lipinski definition) is 4. The third-order valence-electron chi connectivity index (χ3n) is 1.78. The molecule has 0 amide bonds. The lowest BCUT2D eigenvalue weighted by molar-refractivity contribution is 0.762. The Labute approximate surface area is 81.2 Å². The van der Waals surface area contributed by atoms with Crippen molar-refractivity contribution in [3.05, 3.63) is 29.7 Å². The molecule has 0 saturated heterocycles. The minimum absolute atomic E-state index is 0.419. The van der Waals surface area contributed by atoms with E-state index in [9.17, 15) is 0 Å². The lowest BCUT2D eigenvalue weighted by Crippen LogP contribution is -2.31. The molecular weight excluding hydrogens is 188 g/mol. The fourth-order valence-electron chi connectivity index (χ4n) is 1.14. The lowest BCUT2D eigenvalue weighted by Gasteiger charge is -2.22. The van der Waals surface area contributed by atoms with Crippen LogP contribution in [-0.4, -0.2) is 23.3 Å². The van der Waals surface area contributed by atoms with E-state index in [0.29, 0.717) is 5.15 Å². The summed E-state index contributed by atoms with van der Waals surface area (Å²) in [5.41, 5.74) is 0. The van der Waals surface area contributed by atoms with Gasteiger partial charge in [0.2, 0.25) is 0 Å². The maximum absolute atomic E-state index is 5.63. The fraction of sp³-hybridized carbons (Fsp3) is 0.250. The van der Waals surface area contributed by atoms with Gasteiger partial charge in [-0.05, 0) is 12.1 Å². The van der Waals surface area contributed by atoms with Gasteiger partial charge in [0.25, 0.3) is 0 Å². The topological polar surface area (TPSA) is 41.0 Å². The smallest absolute Gasteiger partial charge is 0.155 e. The number of nitrogens with one attached hydrogen (secondary N) is 1. The average molecular weight is 197 g/mol. The van der Waals surface area contributed by atoms with E-state index in [2.05, 4.69) is 15.5 Å². The van der Waals surface area contributed by atoms with Crippen molar-refractivity contribution in [3.8, 4) is 0 Å². The van der Waals surface area contributed by atoms with Crippen molar-refractivity contribution < 1.29 is 0 Å². The molecule has 0 aromatic carbocycles. The summed E-state index contributed by atoms with van der Waals surface area (Å²) >= 11 is 5.63. The Morgan fingerprint density at radius 3 is 2.92 bits per heavy atom. The van der Waals surface area contributed by atoms with Gasteiger partial charge in [0.15, 0.2) is 11.0 Å². The average Bonchev–Trinajstić information content (AvgIpc) is 2.20. The van der Waals surface area contributed by atoms with Crippen LogP contribution in [0.3, 0.4) is 0 Å². The van der Waals surface area contributed by atoms with Crippen LogP contribution in [0.2, 0.25) is 5.15 Å². The highest BCUT2D eigenvalue weighted by molar-refractivity contribution is 6.29. The molecule has 1 aromatic rings. The van der Waals surface area contributed by atoms with E-state index < -0.39 is 0 Å². The number of halogens is 1. The van der Waals surface area contributed by atoms with E-state index in [4.69, 9.17) is 11.6 Å². The van der Waals surface area contributed by atoms with Crippen LogP contribution in [0.25, 0.3) is 0 Å². The van der Waals surface area contributed by atoms with Crippen LogP contribution in [0.15, 0.2) is 24.5 Å². The minimum atomic E-state index is 0.419. The van der Waals surface area contributed by atoms with E-state index in [1.165, 1.54) is 0 Å². The fourth-order valence-corrected chi connectivity index (χ4v) is 1.24. The first-order valence-corrected chi connectivity index (χ1v) is 4.40. The highest BCUT2D eigenvalue weighted by atomic mass is 35.5. The molecule has 0 radical (unpaired) electrons. The zero-order chi connectivity index (χ0) is 9.10. The molecule has 2 rings (SSSR count). The second kappa shape index (κ2) is 3.62. The van der Waals surface area contributed by atoms with Gasteiger partial charge < -0.3 is 10.2 Å². The van der Waals surface area contributed by atoms with Gasteiger partial charge in [-0.25, -0.2) is 0 Å². The highest BCUT2D eigenvalue weighted by Gasteiger charge is 2.06. The van der Waals surface area contributed by atoms with Crippen molar-refractivity contribution in [1.82, 2.24) is 15.5 Å². The molecule has 13 heavy (non-hydrogen) atoms. The zero-order valence-corrected chi connectivity index (χ0v) is 7.70. The Morgan fingerprint density at radius 1 is 1.38 bits per heavy atom. The maximum Gasteiger partial charge on any atom is 0.155 e. The lowest BCUT2D eigenvalue weighted by atomic mass is 10.4. The summed E-state index contributed by atoms with van der Waals surface area (Å²) < 4.78 is 0. The van der Waals surface area contributed by atoms with Gasteiger partial charge in [-0.2, -0.15) is 0 Å². The normalized spacial score (nSPS) is 15.6. The van der Waals surface area contributed by atoms with E-state index in [-0.39, 0.29) is 0 Å². The van der Waals surface area contributed by atoms with Crippen LogP contribution < -0.4 is 10.2 Å². The van der Waals surface area contributed by atoms with Crippen LogP contribution in [0.4, 0.5) is 5.82 Å². The predicted molar refractivity (Wildman–Crippen MR) is 51.5 cm³/mol. The summed E-state index contributed by atoms with van der Waals surface area (Å²) in [6.45, 7) is 1.81. The molecule has 5 heteroatoms. The SMILES string of the molecule is Clc1ccc(N2C=CNCC2)nn1. The molecule has 1 aliphatic heterocycles. The third kappa shape index (κ3) is 1.89. The first kappa shape index (κ1) is 8.31. The van der Waals surface area contributed by atoms with Crippen molar-refractivity contribution >= 4 is 17.4 Å². The van der Waals surface area contributed by atoms with Gasteiger partial charge >= 0.3 is 0 Å². The van der Waals surface area contributed by atoms with E-state index in [1.807, 2.05) is 23.4 Å². The second-order valence-corrected chi connectivity index (χ2v) is 3.06. The number of nitrogens with zero attached hydrogens (tertiary/aromatic N) is 3. The van der Waals surface area contributed by atoms with Gasteiger partial charge in [0.1, 0.15) is 0 Å². The van der Waals surface area contributed by atoms with Crippen LogP contribution in [-0.2, 0) is 0 Å². The molecule has 1 aliphatic rings. The Balaban J connectivity index is 2.19. The summed E-state index contributed by atoms with van der Waals surface area (Å²) in [5, 5.41) is 11.3. The summed E-state index contributed by atoms with van der Waals surface area (Å²) in [6.07, 6.45) is 3.82. The molecule has 68 valence electrons. The van der Waals surface area contributed by atoms with Crippen LogP contribution in [0.5, 0.6) is 0 Å². The largest absolute Gasteiger partial charge is 0.388 e. The predicted octanol–water partition coefficient (Wildman–Crippen LogP) is 1.01. The summed E-state index contributed by atoms with van der Waals surface area (Å²) in [6, 6.07) is 3.59. The zero-order valence-electron chi connectivity index (χ0n) is 6.94. The van der Waals surface area contributed by atoms with Gasteiger partial charge in [0, 0.05) is 25.5 Å². The molecule has 0 atom stereocenters. The van der Waals surface area contributed by atoms with Crippen molar-refractivity contribution in [1.29, 1.82) is 0 Å². The molecule has 1 aromatic heterocycles. The van der Waals surface area contributed by atoms with Gasteiger partial charge in [-0.15, -0.1) is 10.2 Å². The first-order chi connectivity index (χ1) is 6.36. The summed E-state index contributed by atoms with van der Waals surface area (Å²) in [5.74, 6) is 0.821. The molecular formula is C8H9ClN4. The van der Waals surface area contributed by atoms with E-state index in [1.54, 1.807) is 6.07 Å². The number of rotatable bonds is 1. The minimum Gasteiger partial charge on any atom is -0.388 e. The highest BCUT2D eigenvalue weighted by Crippen LogP contribution is 2.12.